The quantitative estimate of drug-likeness (QED) is 0.0379. The van der Waals surface area contributed by atoms with E-state index in [2.05, 4.69) is 19.1 Å². The van der Waals surface area contributed by atoms with Gasteiger partial charge in [0.1, 0.15) is 0 Å². The molecule has 0 radical (unpaired) electrons. The molecule has 0 heterocycles. The number of ether oxygens (including phenoxy) is 1. The molecule has 57 heavy (non-hydrogen) atoms. The molecule has 0 aromatic carbocycles. The van der Waals surface area contributed by atoms with Crippen molar-refractivity contribution in [3.05, 3.63) is 12.2 Å². The molecule has 0 fully saturated rings. The molecule has 0 spiro atoms. The van der Waals surface area contributed by atoms with Crippen molar-refractivity contribution in [1.82, 2.24) is 0 Å². The molecular weight excluding hydrogens is 697 g/mol. The Morgan fingerprint density at radius 2 is 0.579 bits per heavy atom. The summed E-state index contributed by atoms with van der Waals surface area (Å²) in [6.45, 7) is 3.28. The molecule has 0 rings (SSSR count). The van der Waals surface area contributed by atoms with E-state index in [9.17, 15) is 4.79 Å². The van der Waals surface area contributed by atoms with Crippen LogP contribution in [0.3, 0.4) is 0 Å². The lowest BCUT2D eigenvalue weighted by Crippen LogP contribution is -2.05. The van der Waals surface area contributed by atoms with Gasteiger partial charge in [0.2, 0.25) is 0 Å². The van der Waals surface area contributed by atoms with Crippen LogP contribution in [0, 0.1) is 0 Å². The van der Waals surface area contributed by atoms with E-state index in [-0.39, 0.29) is 5.97 Å². The fraction of sp³-hybridized carbons (Fsp3) is 0.944. The number of hydrogen-bond donors (Lipinski definition) is 1. The lowest BCUT2D eigenvalue weighted by atomic mass is 10.0. The van der Waals surface area contributed by atoms with E-state index in [0.29, 0.717) is 19.6 Å². The van der Waals surface area contributed by atoms with Gasteiger partial charge >= 0.3 is 5.97 Å². The zero-order chi connectivity index (χ0) is 41.1. The van der Waals surface area contributed by atoms with Crippen molar-refractivity contribution in [3.8, 4) is 0 Å². The van der Waals surface area contributed by atoms with E-state index in [1.807, 2.05) is 0 Å². The van der Waals surface area contributed by atoms with Crippen molar-refractivity contribution in [2.24, 2.45) is 0 Å². The minimum Gasteiger partial charge on any atom is -0.466 e. The van der Waals surface area contributed by atoms with Gasteiger partial charge in [-0.3, -0.25) is 4.79 Å². The lowest BCUT2D eigenvalue weighted by molar-refractivity contribution is -0.143. The highest BCUT2D eigenvalue weighted by atomic mass is 16.5. The number of esters is 1. The van der Waals surface area contributed by atoms with Crippen molar-refractivity contribution in [2.45, 2.75) is 315 Å². The first-order valence-electron chi connectivity index (χ1n) is 26.7. The van der Waals surface area contributed by atoms with E-state index in [0.717, 1.165) is 19.3 Å². The summed E-state index contributed by atoms with van der Waals surface area (Å²) in [6, 6.07) is 0. The molecule has 0 saturated heterocycles. The zero-order valence-corrected chi connectivity index (χ0v) is 39.3. The third kappa shape index (κ3) is 53.2. The van der Waals surface area contributed by atoms with Gasteiger partial charge in [-0.1, -0.05) is 276 Å². The van der Waals surface area contributed by atoms with Gasteiger partial charge in [-0.25, -0.2) is 0 Å². The maximum atomic E-state index is 12.0. The highest BCUT2D eigenvalue weighted by Crippen LogP contribution is 2.18. The van der Waals surface area contributed by atoms with Crippen LogP contribution in [-0.4, -0.2) is 24.3 Å². The van der Waals surface area contributed by atoms with Gasteiger partial charge in [0.15, 0.2) is 0 Å². The molecule has 0 unspecified atom stereocenters. The fourth-order valence-corrected chi connectivity index (χ4v) is 8.47. The first-order valence-corrected chi connectivity index (χ1v) is 26.7. The second kappa shape index (κ2) is 53.2. The molecule has 0 aromatic rings. The topological polar surface area (TPSA) is 46.5 Å². The van der Waals surface area contributed by atoms with Crippen LogP contribution in [0.5, 0.6) is 0 Å². The molecule has 1 N–H and O–H groups in total. The number of rotatable bonds is 51. The summed E-state index contributed by atoms with van der Waals surface area (Å²) in [5, 5.41) is 8.82. The number of aliphatic hydroxyl groups is 1. The molecule has 0 saturated carbocycles. The van der Waals surface area contributed by atoms with Gasteiger partial charge in [-0.15, -0.1) is 0 Å². The maximum Gasteiger partial charge on any atom is 0.305 e. The van der Waals surface area contributed by atoms with Gasteiger partial charge in [0.25, 0.3) is 0 Å². The summed E-state index contributed by atoms with van der Waals surface area (Å²) in [5.41, 5.74) is 0. The molecule has 0 aliphatic rings. The molecule has 0 bridgehead atoms. The molecule has 0 aliphatic carbocycles. The van der Waals surface area contributed by atoms with Crippen molar-refractivity contribution in [2.75, 3.05) is 13.2 Å². The van der Waals surface area contributed by atoms with E-state index < -0.39 is 0 Å². The predicted molar refractivity (Wildman–Crippen MR) is 254 cm³/mol. The Morgan fingerprint density at radius 3 is 0.877 bits per heavy atom. The van der Waals surface area contributed by atoms with E-state index >= 15 is 0 Å². The summed E-state index contributed by atoms with van der Waals surface area (Å²) >= 11 is 0. The highest BCUT2D eigenvalue weighted by Gasteiger charge is 2.03. The summed E-state index contributed by atoms with van der Waals surface area (Å²) in [4.78, 5) is 12.0. The minimum absolute atomic E-state index is 0.0257. The van der Waals surface area contributed by atoms with Crippen LogP contribution in [0.4, 0.5) is 0 Å². The monoisotopic (exact) mass is 803 g/mol. The Labute approximate surface area is 359 Å². The van der Waals surface area contributed by atoms with Crippen molar-refractivity contribution < 1.29 is 14.6 Å². The summed E-state index contributed by atoms with van der Waals surface area (Å²) in [6.07, 6.45) is 69.5. The van der Waals surface area contributed by atoms with Crippen LogP contribution in [-0.2, 0) is 9.53 Å². The second-order valence-electron chi connectivity index (χ2n) is 18.3. The average Bonchev–Trinajstić information content (AvgIpc) is 3.22. The molecule has 0 aliphatic heterocycles. The summed E-state index contributed by atoms with van der Waals surface area (Å²) in [7, 11) is 0. The molecule has 0 aromatic heterocycles. The van der Waals surface area contributed by atoms with Crippen LogP contribution in [0.2, 0.25) is 0 Å². The number of carbonyl (C=O) groups is 1. The normalized spacial score (nSPS) is 11.7. The standard InChI is InChI=1S/C54H106O3/c1-2-3-4-5-6-7-8-9-10-27-30-33-36-39-42-45-48-51-54(56)57-53-50-47-44-41-38-35-32-29-26-24-22-20-18-16-14-12-11-13-15-17-19-21-23-25-28-31-34-37-40-43-46-49-52-55/h7-8,55H,2-6,9-53H2,1H3. The molecule has 0 amide bonds. The van der Waals surface area contributed by atoms with Crippen LogP contribution in [0.25, 0.3) is 0 Å². The zero-order valence-electron chi connectivity index (χ0n) is 39.3. The highest BCUT2D eigenvalue weighted by molar-refractivity contribution is 5.69. The second-order valence-corrected chi connectivity index (χ2v) is 18.3. The summed E-state index contributed by atoms with van der Waals surface area (Å²) in [5.74, 6) is 0.0257. The third-order valence-electron chi connectivity index (χ3n) is 12.5. The minimum atomic E-state index is 0.0257. The lowest BCUT2D eigenvalue weighted by Gasteiger charge is -2.06. The Morgan fingerprint density at radius 1 is 0.333 bits per heavy atom. The SMILES string of the molecule is CCCCCCC=CCCCCCCCCCCCC(=O)OCCCCCCCCCCCCCCCCCCCCCCCCCCCCCCCCCCO. The first-order chi connectivity index (χ1) is 28.3. The van der Waals surface area contributed by atoms with Gasteiger partial charge in [-0.05, 0) is 44.9 Å². The average molecular weight is 803 g/mol. The van der Waals surface area contributed by atoms with Gasteiger partial charge in [0, 0.05) is 13.0 Å². The number of carbonyl (C=O) groups excluding carboxylic acids is 1. The van der Waals surface area contributed by atoms with E-state index in [1.165, 1.54) is 283 Å². The Hall–Kier alpha value is -0.830. The number of unbranched alkanes of at least 4 members (excludes halogenated alkanes) is 44. The van der Waals surface area contributed by atoms with Crippen molar-refractivity contribution in [1.29, 1.82) is 0 Å². The number of aliphatic hydroxyl groups excluding tert-OH is 1. The van der Waals surface area contributed by atoms with Crippen LogP contribution < -0.4 is 0 Å². The fourth-order valence-electron chi connectivity index (χ4n) is 8.47. The van der Waals surface area contributed by atoms with E-state index in [1.54, 1.807) is 0 Å². The van der Waals surface area contributed by atoms with Gasteiger partial charge in [0.05, 0.1) is 6.61 Å². The molecule has 3 heteroatoms. The molecule has 3 nitrogen and oxygen atoms in total. The Kier molecular flexibility index (Phi) is 52.4. The molecular formula is C54H106O3. The maximum absolute atomic E-state index is 12.0. The smallest absolute Gasteiger partial charge is 0.305 e. The van der Waals surface area contributed by atoms with Crippen LogP contribution in [0.1, 0.15) is 315 Å². The Balaban J connectivity index is 3.14. The van der Waals surface area contributed by atoms with Crippen LogP contribution in [0.15, 0.2) is 12.2 Å². The largest absolute Gasteiger partial charge is 0.466 e. The molecule has 340 valence electrons. The van der Waals surface area contributed by atoms with Crippen LogP contribution >= 0.6 is 0 Å². The number of allylic oxidation sites excluding steroid dienone is 2. The van der Waals surface area contributed by atoms with Crippen molar-refractivity contribution in [3.63, 3.8) is 0 Å². The predicted octanol–water partition coefficient (Wildman–Crippen LogP) is 18.8. The number of hydrogen-bond acceptors (Lipinski definition) is 3. The van der Waals surface area contributed by atoms with E-state index in [4.69, 9.17) is 9.84 Å². The van der Waals surface area contributed by atoms with Crippen molar-refractivity contribution >= 4 is 5.97 Å². The van der Waals surface area contributed by atoms with Gasteiger partial charge < -0.3 is 9.84 Å². The summed E-state index contributed by atoms with van der Waals surface area (Å²) < 4.78 is 5.49. The Bertz CT molecular complexity index is 747. The molecule has 0 atom stereocenters. The first kappa shape index (κ1) is 56.2. The third-order valence-corrected chi connectivity index (χ3v) is 12.5. The van der Waals surface area contributed by atoms with Gasteiger partial charge in [-0.2, -0.15) is 0 Å².